The first-order valence-corrected chi connectivity index (χ1v) is 10.8. The van der Waals surface area contributed by atoms with Gasteiger partial charge < -0.3 is 5.32 Å². The maximum Gasteiger partial charge on any atom is 0.262 e. The van der Waals surface area contributed by atoms with Crippen LogP contribution in [0.5, 0.6) is 0 Å². The molecular weight excluding hydrogens is 398 g/mol. The number of nitrogens with one attached hydrogen (secondary N) is 1. The first-order valence-electron chi connectivity index (χ1n) is 9.86. The fraction of sp³-hybridized carbons (Fsp3) is 0.273. The molecule has 7 nitrogen and oxygen atoms in total. The van der Waals surface area contributed by atoms with Crippen LogP contribution in [0.1, 0.15) is 24.5 Å². The molecule has 0 spiro atoms. The molecule has 1 N–H and O–H groups in total. The minimum absolute atomic E-state index is 0.0728. The van der Waals surface area contributed by atoms with Gasteiger partial charge in [-0.2, -0.15) is 0 Å². The zero-order chi connectivity index (χ0) is 21.3. The highest BCUT2D eigenvalue weighted by molar-refractivity contribution is 7.99. The molecule has 0 aliphatic heterocycles. The third-order valence-corrected chi connectivity index (χ3v) is 5.98. The highest BCUT2D eigenvalue weighted by Gasteiger charge is 2.17. The molecule has 30 heavy (non-hydrogen) atoms. The summed E-state index contributed by atoms with van der Waals surface area (Å²) < 4.78 is 3.51. The van der Waals surface area contributed by atoms with E-state index in [2.05, 4.69) is 15.5 Å². The predicted molar refractivity (Wildman–Crippen MR) is 120 cm³/mol. The smallest absolute Gasteiger partial charge is 0.262 e. The molecule has 0 saturated heterocycles. The van der Waals surface area contributed by atoms with E-state index in [1.807, 2.05) is 67.6 Å². The maximum absolute atomic E-state index is 12.9. The summed E-state index contributed by atoms with van der Waals surface area (Å²) >= 11 is 1.30. The highest BCUT2D eigenvalue weighted by atomic mass is 32.2. The molecule has 0 aliphatic rings. The average Bonchev–Trinajstić information content (AvgIpc) is 3.16. The minimum Gasteiger partial charge on any atom is -0.325 e. The normalized spacial score (nSPS) is 11.3. The van der Waals surface area contributed by atoms with E-state index < -0.39 is 0 Å². The number of aryl methyl sites for hydroxylation is 3. The molecule has 8 heteroatoms. The molecule has 0 bridgehead atoms. The van der Waals surface area contributed by atoms with Crippen molar-refractivity contribution >= 4 is 40.0 Å². The van der Waals surface area contributed by atoms with Crippen LogP contribution >= 0.6 is 11.8 Å². The Morgan fingerprint density at radius 1 is 1.10 bits per heavy atom. The van der Waals surface area contributed by atoms with Crippen molar-refractivity contribution in [3.05, 3.63) is 63.9 Å². The van der Waals surface area contributed by atoms with Gasteiger partial charge in [0, 0.05) is 12.2 Å². The lowest BCUT2D eigenvalue weighted by molar-refractivity contribution is -0.113. The van der Waals surface area contributed by atoms with Gasteiger partial charge in [0.05, 0.1) is 16.7 Å². The number of amides is 1. The topological polar surface area (TPSA) is 81.3 Å². The summed E-state index contributed by atoms with van der Waals surface area (Å²) in [5, 5.41) is 12.6. The fourth-order valence-corrected chi connectivity index (χ4v) is 4.14. The summed E-state index contributed by atoms with van der Waals surface area (Å²) in [5.74, 6) is 0.568. The van der Waals surface area contributed by atoms with Crippen LogP contribution < -0.4 is 10.9 Å². The molecular formula is C22H23N5O2S. The lowest BCUT2D eigenvalue weighted by Crippen LogP contribution is -2.23. The molecule has 0 atom stereocenters. The van der Waals surface area contributed by atoms with Gasteiger partial charge in [-0.3, -0.25) is 18.6 Å². The van der Waals surface area contributed by atoms with E-state index in [4.69, 9.17) is 0 Å². The Balaban J connectivity index is 1.64. The van der Waals surface area contributed by atoms with E-state index in [0.29, 0.717) is 22.9 Å². The summed E-state index contributed by atoms with van der Waals surface area (Å²) in [4.78, 5) is 25.4. The van der Waals surface area contributed by atoms with Crippen molar-refractivity contribution in [1.29, 1.82) is 0 Å². The number of benzene rings is 2. The van der Waals surface area contributed by atoms with Crippen LogP contribution in [0.4, 0.5) is 5.69 Å². The summed E-state index contributed by atoms with van der Waals surface area (Å²) in [5.41, 5.74) is 3.76. The van der Waals surface area contributed by atoms with Crippen LogP contribution in [-0.2, 0) is 11.3 Å². The molecule has 0 unspecified atom stereocenters. The molecule has 2 heterocycles. The second-order valence-corrected chi connectivity index (χ2v) is 8.17. The number of rotatable bonds is 6. The van der Waals surface area contributed by atoms with E-state index in [-0.39, 0.29) is 17.2 Å². The van der Waals surface area contributed by atoms with E-state index >= 15 is 0 Å². The van der Waals surface area contributed by atoms with Crippen molar-refractivity contribution in [2.24, 2.45) is 0 Å². The number of carbonyl (C=O) groups excluding carboxylic acids is 1. The number of fused-ring (bicyclic) bond motifs is 3. The zero-order valence-electron chi connectivity index (χ0n) is 17.2. The Kier molecular flexibility index (Phi) is 5.59. The molecule has 2 aromatic heterocycles. The molecule has 4 aromatic rings. The van der Waals surface area contributed by atoms with Gasteiger partial charge in [-0.15, -0.1) is 10.2 Å². The van der Waals surface area contributed by atoms with Crippen LogP contribution in [0.15, 0.2) is 52.4 Å². The van der Waals surface area contributed by atoms with Gasteiger partial charge in [0.1, 0.15) is 0 Å². The maximum atomic E-state index is 12.9. The molecule has 0 saturated carbocycles. The standard InChI is InChI=1S/C22H23N5O2S/c1-4-11-26-20(29)17-7-5-6-8-18(17)27-21(26)24-25-22(27)30-13-19(28)23-16-10-9-14(2)15(3)12-16/h5-10,12H,4,11,13H2,1-3H3,(H,23,28). The number of para-hydroxylation sites is 1. The van der Waals surface area contributed by atoms with Crippen molar-refractivity contribution in [3.8, 4) is 0 Å². The third-order valence-electron chi connectivity index (χ3n) is 5.05. The lowest BCUT2D eigenvalue weighted by Gasteiger charge is -2.10. The van der Waals surface area contributed by atoms with Crippen LogP contribution in [0.3, 0.4) is 0 Å². The number of hydrogen-bond acceptors (Lipinski definition) is 5. The van der Waals surface area contributed by atoms with E-state index in [9.17, 15) is 9.59 Å². The minimum atomic E-state index is -0.119. The van der Waals surface area contributed by atoms with Crippen LogP contribution in [0.25, 0.3) is 16.7 Å². The zero-order valence-corrected chi connectivity index (χ0v) is 18.0. The van der Waals surface area contributed by atoms with E-state index in [1.165, 1.54) is 17.3 Å². The van der Waals surface area contributed by atoms with Gasteiger partial charge >= 0.3 is 0 Å². The van der Waals surface area contributed by atoms with Gasteiger partial charge in [-0.25, -0.2) is 0 Å². The summed E-state index contributed by atoms with van der Waals surface area (Å²) in [6.45, 7) is 6.63. The number of thioether (sulfide) groups is 1. The molecule has 0 aliphatic carbocycles. The summed E-state index contributed by atoms with van der Waals surface area (Å²) in [7, 11) is 0. The number of hydrogen-bond donors (Lipinski definition) is 1. The first kappa shape index (κ1) is 20.2. The Morgan fingerprint density at radius 3 is 2.67 bits per heavy atom. The number of carbonyl (C=O) groups is 1. The van der Waals surface area contributed by atoms with E-state index in [1.54, 1.807) is 4.57 Å². The molecule has 1 amide bonds. The molecule has 154 valence electrons. The van der Waals surface area contributed by atoms with Gasteiger partial charge in [0.2, 0.25) is 11.7 Å². The Labute approximate surface area is 178 Å². The van der Waals surface area contributed by atoms with Crippen LogP contribution in [0.2, 0.25) is 0 Å². The highest BCUT2D eigenvalue weighted by Crippen LogP contribution is 2.22. The Morgan fingerprint density at radius 2 is 1.90 bits per heavy atom. The molecule has 0 fully saturated rings. The van der Waals surface area contributed by atoms with Crippen LogP contribution in [0, 0.1) is 13.8 Å². The SMILES string of the molecule is CCCn1c(=O)c2ccccc2n2c(SCC(=O)Nc3ccc(C)c(C)c3)nnc12. The Hall–Kier alpha value is -3.13. The van der Waals surface area contributed by atoms with Crippen molar-refractivity contribution in [1.82, 2.24) is 19.2 Å². The summed E-state index contributed by atoms with van der Waals surface area (Å²) in [6, 6.07) is 13.3. The van der Waals surface area contributed by atoms with Gasteiger partial charge in [-0.1, -0.05) is 36.9 Å². The number of nitrogens with zero attached hydrogens (tertiary/aromatic N) is 4. The number of anilines is 1. The first-order chi connectivity index (χ1) is 14.5. The van der Waals surface area contributed by atoms with Crippen molar-refractivity contribution < 1.29 is 4.79 Å². The largest absolute Gasteiger partial charge is 0.325 e. The predicted octanol–water partition coefficient (Wildman–Crippen LogP) is 3.80. The molecule has 0 radical (unpaired) electrons. The quantitative estimate of drug-likeness (QED) is 0.479. The second kappa shape index (κ2) is 8.31. The van der Waals surface area contributed by atoms with E-state index in [0.717, 1.165) is 23.2 Å². The fourth-order valence-electron chi connectivity index (χ4n) is 3.40. The molecule has 4 rings (SSSR count). The Bertz CT molecular complexity index is 1310. The van der Waals surface area contributed by atoms with Gasteiger partial charge in [0.15, 0.2) is 5.16 Å². The third kappa shape index (κ3) is 3.70. The van der Waals surface area contributed by atoms with Crippen molar-refractivity contribution in [2.45, 2.75) is 38.9 Å². The molecule has 2 aromatic carbocycles. The van der Waals surface area contributed by atoms with Crippen molar-refractivity contribution in [3.63, 3.8) is 0 Å². The lowest BCUT2D eigenvalue weighted by atomic mass is 10.1. The number of aromatic nitrogens is 4. The van der Waals surface area contributed by atoms with Gasteiger partial charge in [-0.05, 0) is 55.7 Å². The van der Waals surface area contributed by atoms with Crippen LogP contribution in [-0.4, -0.2) is 30.8 Å². The monoisotopic (exact) mass is 421 g/mol. The van der Waals surface area contributed by atoms with Gasteiger partial charge in [0.25, 0.3) is 5.56 Å². The second-order valence-electron chi connectivity index (χ2n) is 7.23. The summed E-state index contributed by atoms with van der Waals surface area (Å²) in [6.07, 6.45) is 0.807. The van der Waals surface area contributed by atoms with Crippen molar-refractivity contribution in [2.75, 3.05) is 11.1 Å². The average molecular weight is 422 g/mol.